The zero-order chi connectivity index (χ0) is 14.8. The first-order valence-electron chi connectivity index (χ1n) is 7.03. The average molecular weight is 283 g/mol. The molecule has 0 bridgehead atoms. The molecule has 0 radical (unpaired) electrons. The molecule has 3 nitrogen and oxygen atoms in total. The fourth-order valence-electron chi connectivity index (χ4n) is 2.63. The summed E-state index contributed by atoms with van der Waals surface area (Å²) in [6.07, 6.45) is 0.801. The lowest BCUT2D eigenvalue weighted by Gasteiger charge is -2.29. The molecular formula is C17H18FN3. The van der Waals surface area contributed by atoms with Crippen molar-refractivity contribution in [1.29, 1.82) is 0 Å². The molecule has 0 saturated heterocycles. The largest absolute Gasteiger partial charge is 0.370 e. The molecule has 1 aliphatic rings. The Balaban J connectivity index is 1.85. The molecule has 1 heterocycles. The highest BCUT2D eigenvalue weighted by Gasteiger charge is 2.24. The topological polar surface area (TPSA) is 50.4 Å². The van der Waals surface area contributed by atoms with Crippen LogP contribution in [0, 0.1) is 12.7 Å². The van der Waals surface area contributed by atoms with Crippen molar-refractivity contribution in [2.45, 2.75) is 25.4 Å². The first kappa shape index (κ1) is 13.6. The number of guanidine groups is 1. The number of nitrogens with one attached hydrogen (secondary N) is 1. The Labute approximate surface area is 123 Å². The minimum Gasteiger partial charge on any atom is -0.370 e. The van der Waals surface area contributed by atoms with Crippen LogP contribution < -0.4 is 11.1 Å². The van der Waals surface area contributed by atoms with E-state index in [9.17, 15) is 4.39 Å². The van der Waals surface area contributed by atoms with E-state index in [1.54, 1.807) is 12.1 Å². The van der Waals surface area contributed by atoms with E-state index in [2.05, 4.69) is 41.5 Å². The van der Waals surface area contributed by atoms with Gasteiger partial charge >= 0.3 is 0 Å². The van der Waals surface area contributed by atoms with Crippen molar-refractivity contribution in [1.82, 2.24) is 5.32 Å². The van der Waals surface area contributed by atoms with Crippen molar-refractivity contribution >= 4 is 5.96 Å². The van der Waals surface area contributed by atoms with Crippen molar-refractivity contribution in [3.05, 3.63) is 71.0 Å². The molecule has 0 spiro atoms. The summed E-state index contributed by atoms with van der Waals surface area (Å²) < 4.78 is 13.0. The van der Waals surface area contributed by atoms with E-state index in [0.29, 0.717) is 5.96 Å². The molecule has 3 rings (SSSR count). The normalized spacial score (nSPS) is 21.5. The number of nitrogens with two attached hydrogens (primary N) is 1. The van der Waals surface area contributed by atoms with Gasteiger partial charge in [-0.2, -0.15) is 0 Å². The number of benzene rings is 2. The van der Waals surface area contributed by atoms with Crippen molar-refractivity contribution < 1.29 is 4.39 Å². The number of rotatable bonds is 2. The van der Waals surface area contributed by atoms with Gasteiger partial charge in [-0.15, -0.1) is 0 Å². The van der Waals surface area contributed by atoms with Gasteiger partial charge in [-0.25, -0.2) is 9.38 Å². The van der Waals surface area contributed by atoms with Gasteiger partial charge in [-0.05, 0) is 36.6 Å². The van der Waals surface area contributed by atoms with Crippen LogP contribution in [0.4, 0.5) is 4.39 Å². The van der Waals surface area contributed by atoms with Gasteiger partial charge in [0.1, 0.15) is 5.82 Å². The first-order valence-corrected chi connectivity index (χ1v) is 7.03. The summed E-state index contributed by atoms with van der Waals surface area (Å²) in [5, 5.41) is 3.22. The van der Waals surface area contributed by atoms with Gasteiger partial charge in [-0.3, -0.25) is 0 Å². The predicted molar refractivity (Wildman–Crippen MR) is 82.4 cm³/mol. The van der Waals surface area contributed by atoms with Crippen LogP contribution in [0.2, 0.25) is 0 Å². The van der Waals surface area contributed by atoms with Crippen LogP contribution in [0.1, 0.15) is 35.2 Å². The van der Waals surface area contributed by atoms with Gasteiger partial charge in [0.2, 0.25) is 0 Å². The fourth-order valence-corrected chi connectivity index (χ4v) is 2.63. The summed E-state index contributed by atoms with van der Waals surface area (Å²) in [7, 11) is 0. The van der Waals surface area contributed by atoms with Crippen LogP contribution in [0.25, 0.3) is 0 Å². The maximum Gasteiger partial charge on any atom is 0.189 e. The molecule has 0 aliphatic carbocycles. The van der Waals surface area contributed by atoms with Crippen LogP contribution >= 0.6 is 0 Å². The Bertz CT molecular complexity index is 647. The Hall–Kier alpha value is -2.36. The van der Waals surface area contributed by atoms with Crippen molar-refractivity contribution in [3.8, 4) is 0 Å². The third-order valence-corrected chi connectivity index (χ3v) is 3.81. The Morgan fingerprint density at radius 1 is 1.05 bits per heavy atom. The molecule has 4 heteroatoms. The number of hydrogen-bond acceptors (Lipinski definition) is 3. The monoisotopic (exact) mass is 283 g/mol. The third kappa shape index (κ3) is 3.05. The lowest BCUT2D eigenvalue weighted by molar-refractivity contribution is 0.486. The van der Waals surface area contributed by atoms with Gasteiger partial charge in [0, 0.05) is 0 Å². The summed E-state index contributed by atoms with van der Waals surface area (Å²) in [6.45, 7) is 2.06. The van der Waals surface area contributed by atoms with Gasteiger partial charge in [0.15, 0.2) is 5.96 Å². The Kier molecular flexibility index (Phi) is 3.60. The van der Waals surface area contributed by atoms with Gasteiger partial charge < -0.3 is 11.1 Å². The summed E-state index contributed by atoms with van der Waals surface area (Å²) in [4.78, 5) is 4.44. The molecule has 0 saturated carbocycles. The zero-order valence-corrected chi connectivity index (χ0v) is 11.9. The van der Waals surface area contributed by atoms with Crippen LogP contribution in [-0.4, -0.2) is 5.96 Å². The van der Waals surface area contributed by atoms with Crippen LogP contribution in [0.15, 0.2) is 53.5 Å². The minimum atomic E-state index is -0.236. The molecule has 0 fully saturated rings. The summed E-state index contributed by atoms with van der Waals surface area (Å²) in [5.74, 6) is 0.195. The Morgan fingerprint density at radius 3 is 2.33 bits per heavy atom. The minimum absolute atomic E-state index is 0.0434. The molecule has 108 valence electrons. The molecule has 21 heavy (non-hydrogen) atoms. The highest BCUT2D eigenvalue weighted by atomic mass is 19.1. The van der Waals surface area contributed by atoms with E-state index in [0.717, 1.165) is 12.0 Å². The molecule has 3 N–H and O–H groups in total. The zero-order valence-electron chi connectivity index (χ0n) is 11.9. The van der Waals surface area contributed by atoms with Gasteiger partial charge in [-0.1, -0.05) is 42.0 Å². The molecule has 2 aromatic rings. The number of halogens is 1. The number of hydrogen-bond donors (Lipinski definition) is 2. The van der Waals surface area contributed by atoms with E-state index in [-0.39, 0.29) is 17.9 Å². The second-order valence-corrected chi connectivity index (χ2v) is 5.42. The fraction of sp³-hybridized carbons (Fsp3) is 0.235. The summed E-state index contributed by atoms with van der Waals surface area (Å²) in [6, 6.07) is 14.9. The van der Waals surface area contributed by atoms with E-state index < -0.39 is 0 Å². The predicted octanol–water partition coefficient (Wildman–Crippen LogP) is 3.22. The van der Waals surface area contributed by atoms with Crippen molar-refractivity contribution in [2.24, 2.45) is 10.7 Å². The summed E-state index contributed by atoms with van der Waals surface area (Å²) >= 11 is 0. The van der Waals surface area contributed by atoms with Crippen molar-refractivity contribution in [2.75, 3.05) is 0 Å². The van der Waals surface area contributed by atoms with E-state index in [1.165, 1.54) is 23.3 Å². The lowest BCUT2D eigenvalue weighted by atomic mass is 9.93. The molecule has 0 aromatic heterocycles. The molecule has 0 amide bonds. The van der Waals surface area contributed by atoms with Gasteiger partial charge in [0.25, 0.3) is 0 Å². The van der Waals surface area contributed by atoms with Crippen LogP contribution in [-0.2, 0) is 0 Å². The highest BCUT2D eigenvalue weighted by Crippen LogP contribution is 2.32. The highest BCUT2D eigenvalue weighted by molar-refractivity contribution is 5.79. The third-order valence-electron chi connectivity index (χ3n) is 3.81. The van der Waals surface area contributed by atoms with Crippen LogP contribution in [0.5, 0.6) is 0 Å². The van der Waals surface area contributed by atoms with E-state index in [4.69, 9.17) is 5.73 Å². The smallest absolute Gasteiger partial charge is 0.189 e. The molecule has 2 aromatic carbocycles. The quantitative estimate of drug-likeness (QED) is 0.889. The van der Waals surface area contributed by atoms with Crippen molar-refractivity contribution in [3.63, 3.8) is 0 Å². The molecule has 1 aliphatic heterocycles. The molecular weight excluding hydrogens is 265 g/mol. The maximum absolute atomic E-state index is 13.0. The number of aliphatic imine (C=N–C) groups is 1. The van der Waals surface area contributed by atoms with Gasteiger partial charge in [0.05, 0.1) is 12.1 Å². The Morgan fingerprint density at radius 2 is 1.67 bits per heavy atom. The average Bonchev–Trinajstić information content (AvgIpc) is 2.48. The molecule has 2 unspecified atom stereocenters. The second-order valence-electron chi connectivity index (χ2n) is 5.42. The summed E-state index contributed by atoms with van der Waals surface area (Å²) in [5.41, 5.74) is 9.31. The maximum atomic E-state index is 13.0. The second kappa shape index (κ2) is 5.56. The SMILES string of the molecule is Cc1ccc(C2CC(c3ccc(F)cc3)N=C(N)N2)cc1. The number of nitrogens with zero attached hydrogens (tertiary/aromatic N) is 1. The molecule has 2 atom stereocenters. The van der Waals surface area contributed by atoms with E-state index >= 15 is 0 Å². The number of aryl methyl sites for hydroxylation is 1. The first-order chi connectivity index (χ1) is 10.1. The van der Waals surface area contributed by atoms with E-state index in [1.807, 2.05) is 0 Å². The standard InChI is InChI=1S/C17H18FN3/c1-11-2-4-12(5-3-11)15-10-16(21-17(19)20-15)13-6-8-14(18)9-7-13/h2-9,15-16H,10H2,1H3,(H3,19,20,21). The van der Waals surface area contributed by atoms with Crippen LogP contribution in [0.3, 0.4) is 0 Å². The lowest BCUT2D eigenvalue weighted by Crippen LogP contribution is -2.39.